The summed E-state index contributed by atoms with van der Waals surface area (Å²) < 4.78 is 26.3. The highest BCUT2D eigenvalue weighted by Gasteiger charge is 2.17. The van der Waals surface area contributed by atoms with Crippen molar-refractivity contribution in [3.63, 3.8) is 0 Å². The lowest BCUT2D eigenvalue weighted by Gasteiger charge is -2.17. The van der Waals surface area contributed by atoms with Gasteiger partial charge in [0.15, 0.2) is 0 Å². The predicted octanol–water partition coefficient (Wildman–Crippen LogP) is 5.03. The van der Waals surface area contributed by atoms with Crippen molar-refractivity contribution in [2.75, 3.05) is 7.11 Å². The van der Waals surface area contributed by atoms with E-state index in [1.165, 1.54) is 17.7 Å². The van der Waals surface area contributed by atoms with E-state index < -0.39 is 5.97 Å². The van der Waals surface area contributed by atoms with Gasteiger partial charge >= 0.3 is 5.97 Å². The van der Waals surface area contributed by atoms with E-state index in [1.54, 1.807) is 43.3 Å². The van der Waals surface area contributed by atoms with Crippen LogP contribution in [0.25, 0.3) is 5.69 Å². The second kappa shape index (κ2) is 8.83. The van der Waals surface area contributed by atoms with E-state index in [0.717, 1.165) is 11.1 Å². The Bertz CT molecular complexity index is 1190. The second-order valence-corrected chi connectivity index (χ2v) is 7.77. The monoisotopic (exact) mass is 473 g/mol. The highest BCUT2D eigenvalue weighted by Crippen LogP contribution is 2.26. The minimum Gasteiger partial charge on any atom is -0.487 e. The standard InChI is InChI=1S/C23H21BrFNO4/c1-13-5-7-17(18(25)9-13)12-30-20-10-15(3)26(22(27)21(20)24)19-11-16(23(28)29-4)8-6-14(19)2/h5-11H,12H2,1-4H3. The molecule has 0 fully saturated rings. The zero-order valence-electron chi connectivity index (χ0n) is 17.1. The van der Waals surface area contributed by atoms with Gasteiger partial charge in [0.25, 0.3) is 5.56 Å². The molecule has 0 bridgehead atoms. The molecule has 0 unspecified atom stereocenters. The highest BCUT2D eigenvalue weighted by molar-refractivity contribution is 9.10. The van der Waals surface area contributed by atoms with Crippen LogP contribution in [0.15, 0.2) is 51.7 Å². The van der Waals surface area contributed by atoms with Crippen LogP contribution in [0.5, 0.6) is 5.75 Å². The quantitative estimate of drug-likeness (QED) is 0.487. The maximum atomic E-state index is 14.1. The van der Waals surface area contributed by atoms with Crippen LogP contribution in [0, 0.1) is 26.6 Å². The summed E-state index contributed by atoms with van der Waals surface area (Å²) in [6.45, 7) is 5.41. The number of benzene rings is 2. The molecule has 2 aromatic carbocycles. The van der Waals surface area contributed by atoms with Gasteiger partial charge in [0.1, 0.15) is 22.6 Å². The fourth-order valence-electron chi connectivity index (χ4n) is 3.11. The molecule has 156 valence electrons. The van der Waals surface area contributed by atoms with E-state index in [1.807, 2.05) is 13.8 Å². The Kier molecular flexibility index (Phi) is 6.41. The van der Waals surface area contributed by atoms with Gasteiger partial charge < -0.3 is 9.47 Å². The lowest BCUT2D eigenvalue weighted by atomic mass is 10.1. The Hall–Kier alpha value is -2.93. The molecule has 0 saturated heterocycles. The number of nitrogens with zero attached hydrogens (tertiary/aromatic N) is 1. The molecule has 0 aliphatic rings. The summed E-state index contributed by atoms with van der Waals surface area (Å²) in [6, 6.07) is 11.6. The molecule has 0 amide bonds. The topological polar surface area (TPSA) is 57.5 Å². The molecular formula is C23H21BrFNO4. The minimum atomic E-state index is -0.485. The Morgan fingerprint density at radius 3 is 2.50 bits per heavy atom. The van der Waals surface area contributed by atoms with Crippen molar-refractivity contribution in [3.05, 3.63) is 91.1 Å². The third-order valence-electron chi connectivity index (χ3n) is 4.76. The molecule has 30 heavy (non-hydrogen) atoms. The van der Waals surface area contributed by atoms with Gasteiger partial charge in [-0.25, -0.2) is 9.18 Å². The van der Waals surface area contributed by atoms with Gasteiger partial charge in [0.05, 0.1) is 18.4 Å². The number of pyridine rings is 1. The van der Waals surface area contributed by atoms with Crippen molar-refractivity contribution in [2.24, 2.45) is 0 Å². The maximum Gasteiger partial charge on any atom is 0.337 e. The zero-order valence-corrected chi connectivity index (χ0v) is 18.7. The predicted molar refractivity (Wildman–Crippen MR) is 116 cm³/mol. The van der Waals surface area contributed by atoms with Gasteiger partial charge in [0, 0.05) is 17.3 Å². The van der Waals surface area contributed by atoms with Crippen LogP contribution < -0.4 is 10.3 Å². The van der Waals surface area contributed by atoms with Crippen LogP contribution in [0.1, 0.15) is 32.7 Å². The SMILES string of the molecule is COC(=O)c1ccc(C)c(-n2c(C)cc(OCc3ccc(C)cc3F)c(Br)c2=O)c1. The number of methoxy groups -OCH3 is 1. The second-order valence-electron chi connectivity index (χ2n) is 6.98. The molecule has 0 radical (unpaired) electrons. The number of aryl methyl sites for hydroxylation is 3. The number of hydrogen-bond acceptors (Lipinski definition) is 4. The fourth-order valence-corrected chi connectivity index (χ4v) is 3.51. The minimum absolute atomic E-state index is 0.00946. The summed E-state index contributed by atoms with van der Waals surface area (Å²) in [4.78, 5) is 25.0. The molecule has 7 heteroatoms. The number of aromatic nitrogens is 1. The summed E-state index contributed by atoms with van der Waals surface area (Å²) in [5.41, 5.74) is 3.20. The lowest BCUT2D eigenvalue weighted by Crippen LogP contribution is -2.23. The van der Waals surface area contributed by atoms with Gasteiger partial charge in [0.2, 0.25) is 0 Å². The largest absolute Gasteiger partial charge is 0.487 e. The third kappa shape index (κ3) is 4.31. The van der Waals surface area contributed by atoms with Crippen LogP contribution in [-0.4, -0.2) is 17.6 Å². The Morgan fingerprint density at radius 1 is 1.10 bits per heavy atom. The summed E-state index contributed by atoms with van der Waals surface area (Å²) >= 11 is 3.31. The van der Waals surface area contributed by atoms with Crippen LogP contribution in [0.3, 0.4) is 0 Å². The van der Waals surface area contributed by atoms with E-state index in [0.29, 0.717) is 28.3 Å². The van der Waals surface area contributed by atoms with Gasteiger partial charge in [-0.15, -0.1) is 0 Å². The van der Waals surface area contributed by atoms with Crippen LogP contribution in [0.4, 0.5) is 4.39 Å². The van der Waals surface area contributed by atoms with E-state index in [9.17, 15) is 14.0 Å². The average molecular weight is 474 g/mol. The summed E-state index contributed by atoms with van der Waals surface area (Å²) in [7, 11) is 1.30. The number of esters is 1. The molecule has 0 N–H and O–H groups in total. The van der Waals surface area contributed by atoms with Gasteiger partial charge in [-0.05, 0) is 66.0 Å². The fraction of sp³-hybridized carbons (Fsp3) is 0.217. The Labute approximate surface area is 182 Å². The number of halogens is 2. The van der Waals surface area contributed by atoms with Crippen molar-refractivity contribution in [1.29, 1.82) is 0 Å². The van der Waals surface area contributed by atoms with E-state index in [4.69, 9.17) is 9.47 Å². The first kappa shape index (κ1) is 21.8. The van der Waals surface area contributed by atoms with Gasteiger partial charge in [-0.1, -0.05) is 18.2 Å². The summed E-state index contributed by atoms with van der Waals surface area (Å²) in [5.74, 6) is -0.525. The highest BCUT2D eigenvalue weighted by atomic mass is 79.9. The molecular weight excluding hydrogens is 453 g/mol. The lowest BCUT2D eigenvalue weighted by molar-refractivity contribution is 0.0600. The van der Waals surface area contributed by atoms with Crippen molar-refractivity contribution in [1.82, 2.24) is 4.57 Å². The van der Waals surface area contributed by atoms with E-state index >= 15 is 0 Å². The van der Waals surface area contributed by atoms with Crippen molar-refractivity contribution < 1.29 is 18.7 Å². The van der Waals surface area contributed by atoms with Crippen LogP contribution in [-0.2, 0) is 11.3 Å². The number of rotatable bonds is 5. The molecule has 0 saturated carbocycles. The first-order chi connectivity index (χ1) is 14.2. The molecule has 3 rings (SSSR count). The van der Waals surface area contributed by atoms with Gasteiger partial charge in [-0.3, -0.25) is 9.36 Å². The van der Waals surface area contributed by atoms with Gasteiger partial charge in [-0.2, -0.15) is 0 Å². The molecule has 0 atom stereocenters. The summed E-state index contributed by atoms with van der Waals surface area (Å²) in [6.07, 6.45) is 0. The van der Waals surface area contributed by atoms with E-state index in [2.05, 4.69) is 15.9 Å². The van der Waals surface area contributed by atoms with Crippen molar-refractivity contribution in [2.45, 2.75) is 27.4 Å². The van der Waals surface area contributed by atoms with Crippen molar-refractivity contribution in [3.8, 4) is 11.4 Å². The zero-order chi connectivity index (χ0) is 22.0. The van der Waals surface area contributed by atoms with Crippen LogP contribution in [0.2, 0.25) is 0 Å². The Morgan fingerprint density at radius 2 is 1.83 bits per heavy atom. The normalized spacial score (nSPS) is 10.7. The molecule has 3 aromatic rings. The Balaban J connectivity index is 2.00. The first-order valence-electron chi connectivity index (χ1n) is 9.22. The number of ether oxygens (including phenoxy) is 2. The molecule has 0 aliphatic carbocycles. The van der Waals surface area contributed by atoms with Crippen LogP contribution >= 0.6 is 15.9 Å². The number of hydrogen-bond donors (Lipinski definition) is 0. The first-order valence-corrected chi connectivity index (χ1v) is 10.0. The number of carbonyl (C=O) groups is 1. The molecule has 0 aliphatic heterocycles. The van der Waals surface area contributed by atoms with Crippen molar-refractivity contribution >= 4 is 21.9 Å². The van der Waals surface area contributed by atoms with E-state index in [-0.39, 0.29) is 22.5 Å². The molecule has 0 spiro atoms. The number of carbonyl (C=O) groups excluding carboxylic acids is 1. The summed E-state index contributed by atoms with van der Waals surface area (Å²) in [5, 5.41) is 0. The molecule has 5 nitrogen and oxygen atoms in total. The average Bonchev–Trinajstić information content (AvgIpc) is 2.71. The smallest absolute Gasteiger partial charge is 0.337 e. The maximum absolute atomic E-state index is 14.1. The molecule has 1 heterocycles. The third-order valence-corrected chi connectivity index (χ3v) is 5.49. The molecule has 1 aromatic heterocycles.